The number of nitrogens with zero attached hydrogens (tertiary/aromatic N) is 4. The van der Waals surface area contributed by atoms with Gasteiger partial charge in [0.2, 0.25) is 0 Å². The molecule has 220 valence electrons. The van der Waals surface area contributed by atoms with Crippen molar-refractivity contribution in [2.75, 3.05) is 0 Å². The normalized spacial score (nSPS) is 11.2. The molecule has 7 aromatic rings. The van der Waals surface area contributed by atoms with E-state index in [1.807, 2.05) is 58.6 Å². The standard InChI is InChI=1S/C37H29FN4O.Pd/c1-22-17-28(42-26(5)37(25(4)40-42)36-23(2)9-8-10-24(36)3)20-30(18-22)43-29-13-14-32-31-11-6-7-12-33(31)41(34(32)21-29)35-19-27(38)15-16-39-35;/h6-19H,1-5H3;/q-2;+2. The third kappa shape index (κ3) is 5.03. The smallest absolute Gasteiger partial charge is 0.509 e. The molecule has 0 atom stereocenters. The van der Waals surface area contributed by atoms with Crippen LogP contribution in [0.15, 0.2) is 85.1 Å². The predicted octanol–water partition coefficient (Wildman–Crippen LogP) is 9.10. The zero-order valence-electron chi connectivity index (χ0n) is 25.0. The maximum Gasteiger partial charge on any atom is 2.00 e. The van der Waals surface area contributed by atoms with Crippen LogP contribution in [0.25, 0.3) is 44.4 Å². The average Bonchev–Trinajstić information content (AvgIpc) is 3.46. The molecule has 4 aromatic carbocycles. The first-order valence-corrected chi connectivity index (χ1v) is 14.2. The van der Waals surface area contributed by atoms with Crippen LogP contribution in [0, 0.1) is 52.6 Å². The molecule has 0 saturated heterocycles. The summed E-state index contributed by atoms with van der Waals surface area (Å²) < 4.78 is 24.5. The third-order valence-electron chi connectivity index (χ3n) is 7.94. The molecular weight excluding hydrogens is 642 g/mol. The number of fused-ring (bicyclic) bond motifs is 3. The summed E-state index contributed by atoms with van der Waals surface area (Å²) >= 11 is 0. The predicted molar refractivity (Wildman–Crippen MR) is 169 cm³/mol. The summed E-state index contributed by atoms with van der Waals surface area (Å²) in [6, 6.07) is 31.9. The fourth-order valence-corrected chi connectivity index (χ4v) is 6.09. The van der Waals surface area contributed by atoms with Crippen LogP contribution >= 0.6 is 0 Å². The number of hydrogen-bond donors (Lipinski definition) is 0. The first kappa shape index (κ1) is 29.5. The van der Waals surface area contributed by atoms with E-state index < -0.39 is 0 Å². The zero-order valence-corrected chi connectivity index (χ0v) is 26.5. The van der Waals surface area contributed by atoms with Crippen LogP contribution in [0.3, 0.4) is 0 Å². The Morgan fingerprint density at radius 2 is 1.52 bits per heavy atom. The molecule has 5 nitrogen and oxygen atoms in total. The fraction of sp³-hybridized carbons (Fsp3) is 0.135. The number of aryl methyl sites for hydroxylation is 4. The molecule has 0 radical (unpaired) electrons. The van der Waals surface area contributed by atoms with Crippen LogP contribution in [-0.2, 0) is 20.4 Å². The van der Waals surface area contributed by atoms with Gasteiger partial charge in [0.25, 0.3) is 0 Å². The van der Waals surface area contributed by atoms with E-state index in [2.05, 4.69) is 69.1 Å². The van der Waals surface area contributed by atoms with Crippen molar-refractivity contribution in [1.82, 2.24) is 19.3 Å². The van der Waals surface area contributed by atoms with Crippen molar-refractivity contribution < 1.29 is 29.6 Å². The Labute approximate surface area is 269 Å². The van der Waals surface area contributed by atoms with Crippen molar-refractivity contribution >= 4 is 21.8 Å². The Balaban J connectivity index is 0.00000343. The van der Waals surface area contributed by atoms with Crippen molar-refractivity contribution in [2.45, 2.75) is 34.6 Å². The van der Waals surface area contributed by atoms with Gasteiger partial charge in [0.05, 0.1) is 5.69 Å². The van der Waals surface area contributed by atoms with Gasteiger partial charge in [-0.25, -0.2) is 9.37 Å². The number of ether oxygens (including phenoxy) is 1. The van der Waals surface area contributed by atoms with Crippen molar-refractivity contribution in [2.24, 2.45) is 0 Å². The molecule has 0 aliphatic heterocycles. The van der Waals surface area contributed by atoms with Crippen molar-refractivity contribution in [3.63, 3.8) is 0 Å². The summed E-state index contributed by atoms with van der Waals surface area (Å²) in [6.45, 7) is 10.5. The molecule has 0 spiro atoms. The first-order chi connectivity index (χ1) is 20.8. The molecule has 0 N–H and O–H groups in total. The van der Waals surface area contributed by atoms with Gasteiger partial charge in [-0.05, 0) is 67.6 Å². The number of benzene rings is 4. The summed E-state index contributed by atoms with van der Waals surface area (Å²) in [5, 5.41) is 6.93. The van der Waals surface area contributed by atoms with Gasteiger partial charge in [-0.1, -0.05) is 48.8 Å². The number of halogens is 1. The van der Waals surface area contributed by atoms with E-state index in [9.17, 15) is 4.39 Å². The molecule has 0 saturated carbocycles. The van der Waals surface area contributed by atoms with Crippen LogP contribution in [0.4, 0.5) is 4.39 Å². The Morgan fingerprint density at radius 1 is 0.750 bits per heavy atom. The van der Waals surface area contributed by atoms with Gasteiger partial charge in [-0.3, -0.25) is 4.68 Å². The Morgan fingerprint density at radius 3 is 2.30 bits per heavy atom. The van der Waals surface area contributed by atoms with Gasteiger partial charge in [0.1, 0.15) is 11.6 Å². The number of aromatic nitrogens is 4. The number of pyridine rings is 1. The van der Waals surface area contributed by atoms with E-state index in [-0.39, 0.29) is 26.2 Å². The molecule has 0 aliphatic rings. The van der Waals surface area contributed by atoms with E-state index in [1.54, 1.807) is 0 Å². The summed E-state index contributed by atoms with van der Waals surface area (Å²) in [5.41, 5.74) is 10.3. The molecule has 7 heteroatoms. The summed E-state index contributed by atoms with van der Waals surface area (Å²) in [4.78, 5) is 4.45. The van der Waals surface area contributed by atoms with Gasteiger partial charge in [0.15, 0.2) is 0 Å². The van der Waals surface area contributed by atoms with Gasteiger partial charge in [-0.15, -0.1) is 35.7 Å². The average molecular weight is 671 g/mol. The van der Waals surface area contributed by atoms with Gasteiger partial charge < -0.3 is 9.30 Å². The van der Waals surface area contributed by atoms with Crippen molar-refractivity contribution in [3.8, 4) is 34.1 Å². The van der Waals surface area contributed by atoms with Crippen LogP contribution in [-0.4, -0.2) is 19.3 Å². The minimum atomic E-state index is -0.352. The first-order valence-electron chi connectivity index (χ1n) is 14.2. The number of rotatable bonds is 5. The molecule has 0 fully saturated rings. The second-order valence-electron chi connectivity index (χ2n) is 11.0. The summed E-state index contributed by atoms with van der Waals surface area (Å²) in [6.07, 6.45) is 1.47. The van der Waals surface area contributed by atoms with Gasteiger partial charge in [-0.2, -0.15) is 16.7 Å². The monoisotopic (exact) mass is 670 g/mol. The molecule has 0 bridgehead atoms. The van der Waals surface area contributed by atoms with Crippen molar-refractivity contribution in [1.29, 1.82) is 0 Å². The van der Waals surface area contributed by atoms with Gasteiger partial charge >= 0.3 is 20.4 Å². The van der Waals surface area contributed by atoms with Crippen LogP contribution in [0.2, 0.25) is 0 Å². The summed E-state index contributed by atoms with van der Waals surface area (Å²) in [7, 11) is 0. The largest absolute Gasteiger partial charge is 2.00 e. The van der Waals surface area contributed by atoms with E-state index in [4.69, 9.17) is 9.84 Å². The number of para-hydroxylation sites is 1. The third-order valence-corrected chi connectivity index (χ3v) is 7.94. The van der Waals surface area contributed by atoms with E-state index in [0.29, 0.717) is 17.3 Å². The molecule has 3 heterocycles. The van der Waals surface area contributed by atoms with Crippen LogP contribution in [0.5, 0.6) is 11.5 Å². The summed E-state index contributed by atoms with van der Waals surface area (Å²) in [5.74, 6) is 1.20. The van der Waals surface area contributed by atoms with E-state index in [1.165, 1.54) is 35.0 Å². The molecule has 0 unspecified atom stereocenters. The molecule has 44 heavy (non-hydrogen) atoms. The molecule has 0 amide bonds. The SMILES string of the molecule is Cc1cc(Oc2[c-]c3c(cc2)c2ccccc2n3-c2cc(F)ccn2)[c-]c(-n2nc(C)c(-c3c(C)cccc3C)c2C)c1.[Pd+2]. The minimum Gasteiger partial charge on any atom is -0.509 e. The quantitative estimate of drug-likeness (QED) is 0.136. The molecule has 3 aromatic heterocycles. The Kier molecular flexibility index (Phi) is 7.71. The second kappa shape index (κ2) is 11.5. The van der Waals surface area contributed by atoms with Crippen molar-refractivity contribution in [3.05, 3.63) is 131 Å². The minimum absolute atomic E-state index is 0. The van der Waals surface area contributed by atoms with Crippen LogP contribution in [0.1, 0.15) is 28.1 Å². The van der Waals surface area contributed by atoms with E-state index >= 15 is 0 Å². The Hall–Kier alpha value is -4.57. The maximum absolute atomic E-state index is 14.2. The Bertz CT molecular complexity index is 2180. The number of hydrogen-bond acceptors (Lipinski definition) is 3. The fourth-order valence-electron chi connectivity index (χ4n) is 6.09. The molecular formula is C37H29FN4OPd. The maximum atomic E-state index is 14.2. The van der Waals surface area contributed by atoms with Crippen LogP contribution < -0.4 is 4.74 Å². The van der Waals surface area contributed by atoms with Gasteiger partial charge in [0, 0.05) is 40.5 Å². The van der Waals surface area contributed by atoms with E-state index in [0.717, 1.165) is 50.0 Å². The topological polar surface area (TPSA) is 44.9 Å². The second-order valence-corrected chi connectivity index (χ2v) is 11.0. The zero-order chi connectivity index (χ0) is 29.8. The molecule has 7 rings (SSSR count). The molecule has 0 aliphatic carbocycles.